The zero-order valence-electron chi connectivity index (χ0n) is 14.3. The van der Waals surface area contributed by atoms with Crippen LogP contribution in [0, 0.1) is 10.1 Å². The van der Waals surface area contributed by atoms with Gasteiger partial charge in [0.2, 0.25) is 0 Å². The van der Waals surface area contributed by atoms with Crippen molar-refractivity contribution in [2.45, 2.75) is 19.1 Å². The summed E-state index contributed by atoms with van der Waals surface area (Å²) in [5.74, 6) is -0.428. The van der Waals surface area contributed by atoms with E-state index < -0.39 is 10.9 Å². The molecule has 134 valence electrons. The molecule has 0 N–H and O–H groups in total. The first-order valence-corrected chi connectivity index (χ1v) is 8.49. The van der Waals surface area contributed by atoms with E-state index in [9.17, 15) is 14.9 Å². The predicted octanol–water partition coefficient (Wildman–Crippen LogP) is 3.43. The fraction of sp³-hybridized carbons (Fsp3) is 0.250. The van der Waals surface area contributed by atoms with E-state index in [4.69, 9.17) is 4.74 Å². The summed E-state index contributed by atoms with van der Waals surface area (Å²) in [7, 11) is 0. The first-order chi connectivity index (χ1) is 12.6. The molecule has 1 heterocycles. The average Bonchev–Trinajstić information content (AvgIpc) is 3.08. The van der Waals surface area contributed by atoms with Crippen LogP contribution in [0.25, 0.3) is 6.08 Å². The summed E-state index contributed by atoms with van der Waals surface area (Å²) in [5, 5.41) is 10.8. The molecule has 1 saturated heterocycles. The van der Waals surface area contributed by atoms with E-state index in [0.717, 1.165) is 19.5 Å². The van der Waals surface area contributed by atoms with Gasteiger partial charge in [-0.15, -0.1) is 0 Å². The molecule has 1 aliphatic rings. The number of esters is 1. The lowest BCUT2D eigenvalue weighted by molar-refractivity contribution is -0.384. The van der Waals surface area contributed by atoms with Gasteiger partial charge < -0.3 is 4.74 Å². The lowest BCUT2D eigenvalue weighted by Crippen LogP contribution is -2.24. The molecule has 0 amide bonds. The number of nitro groups is 1. The van der Waals surface area contributed by atoms with E-state index in [1.807, 2.05) is 18.2 Å². The molecular formula is C20H20N2O4. The number of benzene rings is 2. The molecule has 26 heavy (non-hydrogen) atoms. The highest BCUT2D eigenvalue weighted by Crippen LogP contribution is 2.17. The van der Waals surface area contributed by atoms with E-state index in [1.54, 1.807) is 12.1 Å². The Labute approximate surface area is 151 Å². The van der Waals surface area contributed by atoms with Gasteiger partial charge in [0, 0.05) is 37.8 Å². The number of non-ortho nitro benzene ring substituents is 1. The molecule has 0 bridgehead atoms. The Bertz CT molecular complexity index is 804. The van der Waals surface area contributed by atoms with E-state index in [2.05, 4.69) is 17.0 Å². The zero-order chi connectivity index (χ0) is 18.4. The van der Waals surface area contributed by atoms with Crippen molar-refractivity contribution in [3.63, 3.8) is 0 Å². The van der Waals surface area contributed by atoms with E-state index in [1.165, 1.54) is 29.8 Å². The zero-order valence-corrected chi connectivity index (χ0v) is 14.3. The van der Waals surface area contributed by atoms with Crippen molar-refractivity contribution in [2.24, 2.45) is 0 Å². The molecule has 1 fully saturated rings. The second kappa shape index (κ2) is 8.40. The molecule has 6 heteroatoms. The van der Waals surface area contributed by atoms with Crippen molar-refractivity contribution < 1.29 is 14.5 Å². The quantitative estimate of drug-likeness (QED) is 0.345. The van der Waals surface area contributed by atoms with Crippen molar-refractivity contribution in [1.82, 2.24) is 4.90 Å². The molecule has 0 radical (unpaired) electrons. The third-order valence-corrected chi connectivity index (χ3v) is 4.25. The molecule has 6 nitrogen and oxygen atoms in total. The van der Waals surface area contributed by atoms with Crippen LogP contribution in [0.15, 0.2) is 60.7 Å². The number of likely N-dealkylation sites (tertiary alicyclic amines) is 1. The highest BCUT2D eigenvalue weighted by atomic mass is 16.6. The summed E-state index contributed by atoms with van der Waals surface area (Å²) < 4.78 is 5.48. The number of hydrogen-bond donors (Lipinski definition) is 0. The minimum atomic E-state index is -0.463. The Morgan fingerprint density at radius 2 is 2.04 bits per heavy atom. The Morgan fingerprint density at radius 1 is 1.23 bits per heavy atom. The van der Waals surface area contributed by atoms with Gasteiger partial charge in [0.1, 0.15) is 6.10 Å². The summed E-state index contributed by atoms with van der Waals surface area (Å²) >= 11 is 0. The number of rotatable bonds is 6. The Balaban J connectivity index is 1.49. The minimum Gasteiger partial charge on any atom is -0.458 e. The first kappa shape index (κ1) is 17.8. The lowest BCUT2D eigenvalue weighted by Gasteiger charge is -2.15. The van der Waals surface area contributed by atoms with Crippen LogP contribution >= 0.6 is 0 Å². The maximum atomic E-state index is 12.0. The van der Waals surface area contributed by atoms with Crippen molar-refractivity contribution in [3.05, 3.63) is 81.9 Å². The highest BCUT2D eigenvalue weighted by molar-refractivity contribution is 5.87. The molecule has 3 rings (SSSR count). The fourth-order valence-corrected chi connectivity index (χ4v) is 2.99. The van der Waals surface area contributed by atoms with Crippen molar-refractivity contribution in [3.8, 4) is 0 Å². The Morgan fingerprint density at radius 3 is 2.81 bits per heavy atom. The van der Waals surface area contributed by atoms with Gasteiger partial charge in [0.05, 0.1) is 4.92 Å². The highest BCUT2D eigenvalue weighted by Gasteiger charge is 2.24. The maximum Gasteiger partial charge on any atom is 0.331 e. The molecular weight excluding hydrogens is 332 g/mol. The molecule has 0 aliphatic carbocycles. The van der Waals surface area contributed by atoms with Crippen molar-refractivity contribution >= 4 is 17.7 Å². The number of carbonyl (C=O) groups excluding carboxylic acids is 1. The van der Waals surface area contributed by atoms with Crippen LogP contribution in [-0.4, -0.2) is 35.0 Å². The summed E-state index contributed by atoms with van der Waals surface area (Å²) in [6.45, 7) is 2.45. The SMILES string of the molecule is O=C(/C=C/c1cccc([N+](=O)[O-])c1)O[C@@H]1CCN(Cc2ccccc2)C1. The van der Waals surface area contributed by atoms with Gasteiger partial charge in [-0.2, -0.15) is 0 Å². The normalized spacial score (nSPS) is 17.5. The first-order valence-electron chi connectivity index (χ1n) is 8.49. The molecule has 0 unspecified atom stereocenters. The Hall–Kier alpha value is -2.99. The van der Waals surface area contributed by atoms with Gasteiger partial charge in [-0.1, -0.05) is 42.5 Å². The molecule has 2 aromatic rings. The molecule has 0 spiro atoms. The number of carbonyl (C=O) groups is 1. The van der Waals surface area contributed by atoms with Gasteiger partial charge in [0.15, 0.2) is 0 Å². The van der Waals surface area contributed by atoms with E-state index in [-0.39, 0.29) is 11.8 Å². The summed E-state index contributed by atoms with van der Waals surface area (Å²) in [6, 6.07) is 16.3. The smallest absolute Gasteiger partial charge is 0.331 e. The number of nitrogens with zero attached hydrogens (tertiary/aromatic N) is 2. The third kappa shape index (κ3) is 5.00. The average molecular weight is 352 g/mol. The molecule has 1 aliphatic heterocycles. The summed E-state index contributed by atoms with van der Waals surface area (Å²) in [5.41, 5.74) is 1.83. The second-order valence-corrected chi connectivity index (χ2v) is 6.25. The van der Waals surface area contributed by atoms with Gasteiger partial charge in [-0.3, -0.25) is 15.0 Å². The topological polar surface area (TPSA) is 72.7 Å². The van der Waals surface area contributed by atoms with E-state index in [0.29, 0.717) is 12.1 Å². The fourth-order valence-electron chi connectivity index (χ4n) is 2.99. The monoisotopic (exact) mass is 352 g/mol. The number of hydrogen-bond acceptors (Lipinski definition) is 5. The van der Waals surface area contributed by atoms with Crippen LogP contribution in [0.2, 0.25) is 0 Å². The summed E-state index contributed by atoms with van der Waals surface area (Å²) in [6.07, 6.45) is 3.54. The molecule has 0 saturated carbocycles. The van der Waals surface area contributed by atoms with Crippen LogP contribution in [0.5, 0.6) is 0 Å². The lowest BCUT2D eigenvalue weighted by atomic mass is 10.2. The summed E-state index contributed by atoms with van der Waals surface area (Å²) in [4.78, 5) is 24.6. The van der Waals surface area contributed by atoms with Gasteiger partial charge in [0.25, 0.3) is 5.69 Å². The third-order valence-electron chi connectivity index (χ3n) is 4.25. The van der Waals surface area contributed by atoms with Gasteiger partial charge in [-0.25, -0.2) is 4.79 Å². The molecule has 0 aromatic heterocycles. The predicted molar refractivity (Wildman–Crippen MR) is 98.3 cm³/mol. The van der Waals surface area contributed by atoms with Gasteiger partial charge >= 0.3 is 5.97 Å². The van der Waals surface area contributed by atoms with Crippen LogP contribution in [-0.2, 0) is 16.1 Å². The Kier molecular flexibility index (Phi) is 5.76. The van der Waals surface area contributed by atoms with Crippen LogP contribution < -0.4 is 0 Å². The van der Waals surface area contributed by atoms with Crippen LogP contribution in [0.3, 0.4) is 0 Å². The minimum absolute atomic E-state index is 0.00661. The standard InChI is InChI=1S/C20H20N2O4/c23-20(10-9-16-7-4-8-18(13-16)22(24)25)26-19-11-12-21(15-19)14-17-5-2-1-3-6-17/h1-10,13,19H,11-12,14-15H2/b10-9+/t19-/m1/s1. The molecule has 1 atom stereocenters. The van der Waals surface area contributed by atoms with E-state index >= 15 is 0 Å². The van der Waals surface area contributed by atoms with Crippen molar-refractivity contribution in [2.75, 3.05) is 13.1 Å². The number of ether oxygens (including phenoxy) is 1. The van der Waals surface area contributed by atoms with Crippen LogP contribution in [0.1, 0.15) is 17.5 Å². The molecule has 2 aromatic carbocycles. The van der Waals surface area contributed by atoms with Crippen LogP contribution in [0.4, 0.5) is 5.69 Å². The van der Waals surface area contributed by atoms with Crippen molar-refractivity contribution in [1.29, 1.82) is 0 Å². The van der Waals surface area contributed by atoms with Gasteiger partial charge in [-0.05, 0) is 23.6 Å². The largest absolute Gasteiger partial charge is 0.458 e. The second-order valence-electron chi connectivity index (χ2n) is 6.25. The number of nitro benzene ring substituents is 1. The maximum absolute atomic E-state index is 12.0.